The zero-order valence-electron chi connectivity index (χ0n) is 17.8. The zero-order valence-corrected chi connectivity index (χ0v) is 17.8. The fourth-order valence-electron chi connectivity index (χ4n) is 4.54. The first-order chi connectivity index (χ1) is 14.6. The highest BCUT2D eigenvalue weighted by Gasteiger charge is 2.38. The van der Waals surface area contributed by atoms with E-state index in [1.165, 1.54) is 24.0 Å². The van der Waals surface area contributed by atoms with Crippen LogP contribution in [0.1, 0.15) is 47.7 Å². The second-order valence-electron chi connectivity index (χ2n) is 8.74. The number of nitrogens with one attached hydrogen (secondary N) is 1. The summed E-state index contributed by atoms with van der Waals surface area (Å²) in [5.41, 5.74) is 4.43. The van der Waals surface area contributed by atoms with E-state index in [0.717, 1.165) is 38.5 Å². The number of rotatable bonds is 10. The van der Waals surface area contributed by atoms with Crippen LogP contribution in [0.5, 0.6) is 0 Å². The molecule has 2 unspecified atom stereocenters. The Morgan fingerprint density at radius 3 is 2.53 bits per heavy atom. The lowest BCUT2D eigenvalue weighted by Crippen LogP contribution is -2.46. The summed E-state index contributed by atoms with van der Waals surface area (Å²) in [6.45, 7) is 6.57. The van der Waals surface area contributed by atoms with Gasteiger partial charge in [0.25, 0.3) is 0 Å². The Morgan fingerprint density at radius 2 is 1.87 bits per heavy atom. The first-order valence-electron chi connectivity index (χ1n) is 11.2. The Balaban J connectivity index is 1.13. The molecule has 0 spiro atoms. The standard InChI is InChI=1S/C26H32N2O2/c1-2-22(14-19-6-4-3-5-7-19)24-15-25(24)27-13-12-21-17-28(18-21)16-20-8-10-23(11-9-20)26(29)30/h3-11,14,21,24-25,27H,2,12-13,15-18H2,1H3,(H,29,30)/b22-14+. The van der Waals surface area contributed by atoms with Gasteiger partial charge in [-0.1, -0.05) is 61.0 Å². The predicted octanol–water partition coefficient (Wildman–Crippen LogP) is 4.68. The van der Waals surface area contributed by atoms with Crippen molar-refractivity contribution in [3.8, 4) is 0 Å². The first-order valence-corrected chi connectivity index (χ1v) is 11.2. The van der Waals surface area contributed by atoms with E-state index in [1.807, 2.05) is 12.1 Å². The Hall–Kier alpha value is -2.43. The van der Waals surface area contributed by atoms with Crippen molar-refractivity contribution in [2.45, 2.75) is 38.8 Å². The van der Waals surface area contributed by atoms with Gasteiger partial charge in [-0.25, -0.2) is 4.79 Å². The molecule has 0 amide bonds. The van der Waals surface area contributed by atoms with Crippen molar-refractivity contribution in [2.75, 3.05) is 19.6 Å². The third-order valence-electron chi connectivity index (χ3n) is 6.43. The lowest BCUT2D eigenvalue weighted by molar-refractivity contribution is 0.0696. The minimum Gasteiger partial charge on any atom is -0.478 e. The van der Waals surface area contributed by atoms with Crippen molar-refractivity contribution in [3.05, 3.63) is 76.9 Å². The van der Waals surface area contributed by atoms with Crippen LogP contribution < -0.4 is 5.32 Å². The van der Waals surface area contributed by atoms with Gasteiger partial charge in [-0.05, 0) is 60.9 Å². The summed E-state index contributed by atoms with van der Waals surface area (Å²) in [4.78, 5) is 13.4. The van der Waals surface area contributed by atoms with Gasteiger partial charge in [0.1, 0.15) is 0 Å². The number of hydrogen-bond acceptors (Lipinski definition) is 3. The average Bonchev–Trinajstić information content (AvgIpc) is 3.50. The number of aromatic carboxylic acids is 1. The molecule has 2 N–H and O–H groups in total. The van der Waals surface area contributed by atoms with Crippen molar-refractivity contribution in [2.24, 2.45) is 11.8 Å². The van der Waals surface area contributed by atoms with E-state index in [4.69, 9.17) is 5.11 Å². The highest BCUT2D eigenvalue weighted by atomic mass is 16.4. The minimum absolute atomic E-state index is 0.356. The largest absolute Gasteiger partial charge is 0.478 e. The first kappa shape index (κ1) is 20.8. The topological polar surface area (TPSA) is 52.6 Å². The molecule has 1 saturated heterocycles. The van der Waals surface area contributed by atoms with Crippen molar-refractivity contribution in [1.82, 2.24) is 10.2 Å². The highest BCUT2D eigenvalue weighted by Crippen LogP contribution is 2.39. The number of carbonyl (C=O) groups is 1. The highest BCUT2D eigenvalue weighted by molar-refractivity contribution is 5.87. The molecule has 0 radical (unpaired) electrons. The average molecular weight is 405 g/mol. The lowest BCUT2D eigenvalue weighted by Gasteiger charge is -2.39. The molecule has 4 nitrogen and oxygen atoms in total. The van der Waals surface area contributed by atoms with Crippen LogP contribution in [0.4, 0.5) is 0 Å². The lowest BCUT2D eigenvalue weighted by atomic mass is 9.95. The van der Waals surface area contributed by atoms with Crippen molar-refractivity contribution >= 4 is 12.0 Å². The molecule has 2 fully saturated rings. The summed E-state index contributed by atoms with van der Waals surface area (Å²) in [6, 6.07) is 18.6. The molecular formula is C26H32N2O2. The molecular weight excluding hydrogens is 372 g/mol. The van der Waals surface area contributed by atoms with E-state index in [-0.39, 0.29) is 0 Å². The molecule has 1 aliphatic carbocycles. The summed E-state index contributed by atoms with van der Waals surface area (Å²) in [5.74, 6) is 0.623. The van der Waals surface area contributed by atoms with Gasteiger partial charge in [-0.15, -0.1) is 0 Å². The number of nitrogens with zero attached hydrogens (tertiary/aromatic N) is 1. The zero-order chi connectivity index (χ0) is 20.9. The molecule has 2 aromatic rings. The van der Waals surface area contributed by atoms with E-state index in [1.54, 1.807) is 17.7 Å². The summed E-state index contributed by atoms with van der Waals surface area (Å²) in [5, 5.41) is 12.8. The summed E-state index contributed by atoms with van der Waals surface area (Å²) in [7, 11) is 0. The number of carboxylic acids is 1. The van der Waals surface area contributed by atoms with Gasteiger partial charge < -0.3 is 10.4 Å². The Morgan fingerprint density at radius 1 is 1.13 bits per heavy atom. The van der Waals surface area contributed by atoms with Crippen LogP contribution in [-0.2, 0) is 6.54 Å². The second-order valence-corrected chi connectivity index (χ2v) is 8.74. The van der Waals surface area contributed by atoms with Crippen molar-refractivity contribution in [1.29, 1.82) is 0 Å². The van der Waals surface area contributed by atoms with E-state index < -0.39 is 5.97 Å². The van der Waals surface area contributed by atoms with Crippen LogP contribution in [0, 0.1) is 11.8 Å². The normalized spacial score (nSPS) is 22.0. The van der Waals surface area contributed by atoms with E-state index >= 15 is 0 Å². The molecule has 1 aliphatic heterocycles. The smallest absolute Gasteiger partial charge is 0.335 e. The van der Waals surface area contributed by atoms with Crippen LogP contribution in [0.3, 0.4) is 0 Å². The summed E-state index contributed by atoms with van der Waals surface area (Å²) in [6.07, 6.45) is 6.01. The van der Waals surface area contributed by atoms with Gasteiger partial charge in [-0.3, -0.25) is 4.90 Å². The molecule has 4 heteroatoms. The molecule has 0 bridgehead atoms. The third-order valence-corrected chi connectivity index (χ3v) is 6.43. The van der Waals surface area contributed by atoms with Gasteiger partial charge in [0.05, 0.1) is 5.56 Å². The van der Waals surface area contributed by atoms with Crippen LogP contribution in [0.15, 0.2) is 60.2 Å². The predicted molar refractivity (Wildman–Crippen MR) is 121 cm³/mol. The number of hydrogen-bond donors (Lipinski definition) is 2. The van der Waals surface area contributed by atoms with Gasteiger partial charge in [-0.2, -0.15) is 0 Å². The van der Waals surface area contributed by atoms with E-state index in [0.29, 0.717) is 17.5 Å². The molecule has 4 rings (SSSR count). The van der Waals surface area contributed by atoms with Crippen LogP contribution >= 0.6 is 0 Å². The van der Waals surface area contributed by atoms with Gasteiger partial charge in [0.2, 0.25) is 0 Å². The van der Waals surface area contributed by atoms with Gasteiger partial charge >= 0.3 is 5.97 Å². The van der Waals surface area contributed by atoms with Crippen LogP contribution in [0.25, 0.3) is 6.08 Å². The van der Waals surface area contributed by atoms with Crippen molar-refractivity contribution in [3.63, 3.8) is 0 Å². The number of carboxylic acid groups (broad SMARTS) is 1. The Kier molecular flexibility index (Phi) is 6.66. The molecule has 30 heavy (non-hydrogen) atoms. The second kappa shape index (κ2) is 9.59. The van der Waals surface area contributed by atoms with Gasteiger partial charge in [0, 0.05) is 25.7 Å². The van der Waals surface area contributed by atoms with Crippen LogP contribution in [-0.4, -0.2) is 41.7 Å². The van der Waals surface area contributed by atoms with Crippen molar-refractivity contribution < 1.29 is 9.90 Å². The van der Waals surface area contributed by atoms with Gasteiger partial charge in [0.15, 0.2) is 0 Å². The van der Waals surface area contributed by atoms with E-state index in [9.17, 15) is 4.79 Å². The summed E-state index contributed by atoms with van der Waals surface area (Å²) < 4.78 is 0. The quantitative estimate of drug-likeness (QED) is 0.604. The Labute approximate surface area is 179 Å². The minimum atomic E-state index is -0.863. The summed E-state index contributed by atoms with van der Waals surface area (Å²) >= 11 is 0. The molecule has 2 aromatic carbocycles. The maximum absolute atomic E-state index is 10.9. The molecule has 158 valence electrons. The molecule has 0 aromatic heterocycles. The molecule has 2 atom stereocenters. The van der Waals surface area contributed by atoms with E-state index in [2.05, 4.69) is 53.5 Å². The number of likely N-dealkylation sites (tertiary alicyclic amines) is 1. The molecule has 2 aliphatic rings. The fourth-order valence-corrected chi connectivity index (χ4v) is 4.54. The SMILES string of the molecule is CC/C(=C\c1ccccc1)C1CC1NCCC1CN(Cc2ccc(C(=O)O)cc2)C1. The monoisotopic (exact) mass is 404 g/mol. The fraction of sp³-hybridized carbons (Fsp3) is 0.423. The molecule has 1 saturated carbocycles. The maximum atomic E-state index is 10.9. The Bertz CT molecular complexity index is 870. The maximum Gasteiger partial charge on any atom is 0.335 e. The third kappa shape index (κ3) is 5.38. The number of benzene rings is 2. The molecule has 1 heterocycles. The van der Waals surface area contributed by atoms with Crippen LogP contribution in [0.2, 0.25) is 0 Å².